The summed E-state index contributed by atoms with van der Waals surface area (Å²) in [6, 6.07) is 10.6. The van der Waals surface area contributed by atoms with E-state index in [0.717, 1.165) is 13.0 Å². The van der Waals surface area contributed by atoms with E-state index in [2.05, 4.69) is 31.0 Å². The number of aliphatic hydroxyl groups is 1. The summed E-state index contributed by atoms with van der Waals surface area (Å²) in [5.41, 5.74) is 1.29. The lowest BCUT2D eigenvalue weighted by atomic mass is 10.1. The summed E-state index contributed by atoms with van der Waals surface area (Å²) in [5, 5.41) is 9.13. The molecule has 0 aliphatic carbocycles. The monoisotopic (exact) mass is 193 g/mol. The largest absolute Gasteiger partial charge is 0.395 e. The molecule has 0 unspecified atom stereocenters. The van der Waals surface area contributed by atoms with Crippen LogP contribution in [-0.2, 0) is 6.54 Å². The molecule has 1 atom stereocenters. The van der Waals surface area contributed by atoms with Gasteiger partial charge >= 0.3 is 0 Å². The Kier molecular flexibility index (Phi) is 4.63. The molecule has 78 valence electrons. The van der Waals surface area contributed by atoms with Gasteiger partial charge in [-0.25, -0.2) is 0 Å². The van der Waals surface area contributed by atoms with Crippen LogP contribution in [0.1, 0.15) is 18.9 Å². The second kappa shape index (κ2) is 5.78. The van der Waals surface area contributed by atoms with Gasteiger partial charge in [-0.1, -0.05) is 37.3 Å². The number of likely N-dealkylation sites (N-methyl/N-ethyl adjacent to an activating group) is 1. The van der Waals surface area contributed by atoms with Crippen molar-refractivity contribution in [2.24, 2.45) is 0 Å². The first kappa shape index (κ1) is 11.2. The molecule has 0 fully saturated rings. The summed E-state index contributed by atoms with van der Waals surface area (Å²) in [4.78, 5) is 2.19. The summed E-state index contributed by atoms with van der Waals surface area (Å²) >= 11 is 0. The Morgan fingerprint density at radius 1 is 1.29 bits per heavy atom. The van der Waals surface area contributed by atoms with Crippen molar-refractivity contribution in [1.82, 2.24) is 4.90 Å². The van der Waals surface area contributed by atoms with Gasteiger partial charge in [0.25, 0.3) is 0 Å². The molecule has 0 aliphatic rings. The zero-order chi connectivity index (χ0) is 10.4. The number of hydrogen-bond acceptors (Lipinski definition) is 2. The Hall–Kier alpha value is -0.860. The molecule has 2 heteroatoms. The zero-order valence-electron chi connectivity index (χ0n) is 8.98. The predicted molar refractivity (Wildman–Crippen MR) is 59.1 cm³/mol. The molecule has 0 amide bonds. The molecule has 0 aromatic heterocycles. The van der Waals surface area contributed by atoms with E-state index in [1.54, 1.807) is 0 Å². The molecule has 0 aliphatic heterocycles. The van der Waals surface area contributed by atoms with Crippen molar-refractivity contribution >= 4 is 0 Å². The van der Waals surface area contributed by atoms with Crippen LogP contribution < -0.4 is 0 Å². The first-order valence-corrected chi connectivity index (χ1v) is 5.13. The summed E-state index contributed by atoms with van der Waals surface area (Å²) in [6.07, 6.45) is 0.986. The van der Waals surface area contributed by atoms with Gasteiger partial charge in [0.2, 0.25) is 0 Å². The highest BCUT2D eigenvalue weighted by molar-refractivity contribution is 5.14. The molecule has 0 radical (unpaired) electrons. The van der Waals surface area contributed by atoms with Crippen LogP contribution in [0.4, 0.5) is 0 Å². The quantitative estimate of drug-likeness (QED) is 0.772. The first-order chi connectivity index (χ1) is 6.77. The Morgan fingerprint density at radius 2 is 1.93 bits per heavy atom. The van der Waals surface area contributed by atoms with Crippen LogP contribution in [0.5, 0.6) is 0 Å². The molecule has 0 heterocycles. The third-order valence-corrected chi connectivity index (χ3v) is 2.58. The number of rotatable bonds is 5. The molecular formula is C12H19NO. The lowest BCUT2D eigenvalue weighted by molar-refractivity contribution is 0.138. The molecule has 0 spiro atoms. The molecule has 2 nitrogen and oxygen atoms in total. The number of aliphatic hydroxyl groups excluding tert-OH is 1. The van der Waals surface area contributed by atoms with E-state index in [0.29, 0.717) is 0 Å². The van der Waals surface area contributed by atoms with E-state index in [9.17, 15) is 0 Å². The van der Waals surface area contributed by atoms with E-state index in [-0.39, 0.29) is 12.6 Å². The Labute approximate surface area is 86.2 Å². The summed E-state index contributed by atoms with van der Waals surface area (Å²) in [7, 11) is 2.05. The van der Waals surface area contributed by atoms with Crippen molar-refractivity contribution in [1.29, 1.82) is 0 Å². The molecule has 0 bridgehead atoms. The van der Waals surface area contributed by atoms with Crippen LogP contribution in [0, 0.1) is 0 Å². The fraction of sp³-hybridized carbons (Fsp3) is 0.500. The minimum Gasteiger partial charge on any atom is -0.395 e. The molecule has 0 saturated heterocycles. The highest BCUT2D eigenvalue weighted by atomic mass is 16.3. The smallest absolute Gasteiger partial charge is 0.0586 e. The van der Waals surface area contributed by atoms with Crippen molar-refractivity contribution in [3.63, 3.8) is 0 Å². The third kappa shape index (κ3) is 3.13. The third-order valence-electron chi connectivity index (χ3n) is 2.58. The summed E-state index contributed by atoms with van der Waals surface area (Å²) in [5.74, 6) is 0. The van der Waals surface area contributed by atoms with Gasteiger partial charge in [0, 0.05) is 12.6 Å². The van der Waals surface area contributed by atoms with Gasteiger partial charge in [0.05, 0.1) is 6.61 Å². The second-order valence-electron chi connectivity index (χ2n) is 3.65. The van der Waals surface area contributed by atoms with E-state index in [4.69, 9.17) is 5.11 Å². The lowest BCUT2D eigenvalue weighted by Gasteiger charge is -2.25. The van der Waals surface area contributed by atoms with Crippen molar-refractivity contribution in [3.05, 3.63) is 35.9 Å². The minimum absolute atomic E-state index is 0.236. The van der Waals surface area contributed by atoms with Crippen molar-refractivity contribution in [3.8, 4) is 0 Å². The van der Waals surface area contributed by atoms with Crippen LogP contribution in [0.3, 0.4) is 0 Å². The lowest BCUT2D eigenvalue weighted by Crippen LogP contribution is -2.33. The molecule has 1 aromatic rings. The fourth-order valence-corrected chi connectivity index (χ4v) is 1.58. The van der Waals surface area contributed by atoms with Crippen LogP contribution in [0.25, 0.3) is 0 Å². The fourth-order valence-electron chi connectivity index (χ4n) is 1.58. The van der Waals surface area contributed by atoms with Gasteiger partial charge in [-0.05, 0) is 19.0 Å². The molecule has 1 N–H and O–H groups in total. The molecule has 1 rings (SSSR count). The van der Waals surface area contributed by atoms with Gasteiger partial charge in [-0.2, -0.15) is 0 Å². The standard InChI is InChI=1S/C12H19NO/c1-3-12(10-14)13(2)9-11-7-5-4-6-8-11/h4-8,12,14H,3,9-10H2,1-2H3/t12-/m0/s1. The van der Waals surface area contributed by atoms with Gasteiger partial charge in [-0.15, -0.1) is 0 Å². The number of benzene rings is 1. The maximum atomic E-state index is 9.13. The predicted octanol–water partition coefficient (Wildman–Crippen LogP) is 1.89. The topological polar surface area (TPSA) is 23.5 Å². The van der Waals surface area contributed by atoms with Crippen LogP contribution >= 0.6 is 0 Å². The molecular weight excluding hydrogens is 174 g/mol. The minimum atomic E-state index is 0.236. The highest BCUT2D eigenvalue weighted by Crippen LogP contribution is 2.07. The number of hydrogen-bond donors (Lipinski definition) is 1. The van der Waals surface area contributed by atoms with Crippen molar-refractivity contribution in [2.75, 3.05) is 13.7 Å². The Morgan fingerprint density at radius 3 is 2.43 bits per heavy atom. The first-order valence-electron chi connectivity index (χ1n) is 5.13. The normalized spacial score (nSPS) is 13.1. The molecule has 0 saturated carbocycles. The molecule has 1 aromatic carbocycles. The van der Waals surface area contributed by atoms with Crippen molar-refractivity contribution in [2.45, 2.75) is 25.9 Å². The highest BCUT2D eigenvalue weighted by Gasteiger charge is 2.10. The average molecular weight is 193 g/mol. The summed E-state index contributed by atoms with van der Waals surface area (Å²) in [6.45, 7) is 3.24. The second-order valence-corrected chi connectivity index (χ2v) is 3.65. The Bertz CT molecular complexity index is 244. The zero-order valence-corrected chi connectivity index (χ0v) is 8.98. The van der Waals surface area contributed by atoms with Crippen LogP contribution in [0.15, 0.2) is 30.3 Å². The summed E-state index contributed by atoms with van der Waals surface area (Å²) < 4.78 is 0. The van der Waals surface area contributed by atoms with Gasteiger partial charge in [-0.3, -0.25) is 4.90 Å². The van der Waals surface area contributed by atoms with Crippen molar-refractivity contribution < 1.29 is 5.11 Å². The van der Waals surface area contributed by atoms with E-state index < -0.39 is 0 Å². The maximum Gasteiger partial charge on any atom is 0.0586 e. The maximum absolute atomic E-state index is 9.13. The van der Waals surface area contributed by atoms with Crippen LogP contribution in [-0.4, -0.2) is 29.7 Å². The van der Waals surface area contributed by atoms with Gasteiger partial charge < -0.3 is 5.11 Å². The van der Waals surface area contributed by atoms with Gasteiger partial charge in [0.1, 0.15) is 0 Å². The average Bonchev–Trinajstić information content (AvgIpc) is 2.21. The number of nitrogens with zero attached hydrogens (tertiary/aromatic N) is 1. The van der Waals surface area contributed by atoms with E-state index in [1.807, 2.05) is 18.2 Å². The SMILES string of the molecule is CC[C@@H](CO)N(C)Cc1ccccc1. The van der Waals surface area contributed by atoms with E-state index in [1.165, 1.54) is 5.56 Å². The van der Waals surface area contributed by atoms with E-state index >= 15 is 0 Å². The van der Waals surface area contributed by atoms with Gasteiger partial charge in [0.15, 0.2) is 0 Å². The molecule has 14 heavy (non-hydrogen) atoms. The van der Waals surface area contributed by atoms with Crippen LogP contribution in [0.2, 0.25) is 0 Å². The Balaban J connectivity index is 2.52.